The lowest BCUT2D eigenvalue weighted by Gasteiger charge is -2.11. The minimum atomic E-state index is -0.0173. The van der Waals surface area contributed by atoms with E-state index < -0.39 is 0 Å². The van der Waals surface area contributed by atoms with Gasteiger partial charge in [0.05, 0.1) is 5.75 Å². The van der Waals surface area contributed by atoms with E-state index >= 15 is 0 Å². The minimum absolute atomic E-state index is 0.0173. The third-order valence-corrected chi connectivity index (χ3v) is 7.20. The molecule has 7 heteroatoms. The number of thiophene rings is 1. The van der Waals surface area contributed by atoms with Crippen LogP contribution in [0.5, 0.6) is 0 Å². The van der Waals surface area contributed by atoms with Crippen molar-refractivity contribution in [2.75, 3.05) is 11.1 Å². The molecule has 0 spiro atoms. The predicted octanol–water partition coefficient (Wildman–Crippen LogP) is 5.37. The first-order valence-electron chi connectivity index (χ1n) is 8.56. The Hall–Kier alpha value is -1.44. The van der Waals surface area contributed by atoms with Crippen molar-refractivity contribution >= 4 is 60.8 Å². The maximum absolute atomic E-state index is 12.4. The van der Waals surface area contributed by atoms with Gasteiger partial charge in [0.25, 0.3) is 0 Å². The van der Waals surface area contributed by atoms with Gasteiger partial charge in [0.15, 0.2) is 0 Å². The molecular weight excluding hydrogens is 430 g/mol. The fourth-order valence-corrected chi connectivity index (χ4v) is 5.85. The van der Waals surface area contributed by atoms with Crippen LogP contribution in [0.3, 0.4) is 0 Å². The fraction of sp³-hybridized carbons (Fsp3) is 0.316. The molecule has 0 fully saturated rings. The van der Waals surface area contributed by atoms with Crippen LogP contribution < -0.4 is 5.32 Å². The molecule has 0 radical (unpaired) electrons. The molecule has 0 saturated heterocycles. The van der Waals surface area contributed by atoms with Gasteiger partial charge < -0.3 is 5.32 Å². The van der Waals surface area contributed by atoms with Crippen LogP contribution in [0.2, 0.25) is 0 Å². The number of anilines is 1. The van der Waals surface area contributed by atoms with Gasteiger partial charge in [-0.15, -0.1) is 11.3 Å². The summed E-state index contributed by atoms with van der Waals surface area (Å²) in [6.45, 7) is 1.99. The molecule has 1 amide bonds. The standard InChI is InChI=1S/C19H18BrN3OS2/c1-11-8-12(20)6-7-14(11)23-16(24)9-25-18-17-13-4-2-3-5-15(13)26-19(17)22-10-21-18/h6-8,10H,2-5,9H2,1H3,(H,23,24). The number of hydrogen-bond acceptors (Lipinski definition) is 5. The lowest BCUT2D eigenvalue weighted by Crippen LogP contribution is -2.15. The quantitative estimate of drug-likeness (QED) is 0.431. The largest absolute Gasteiger partial charge is 0.325 e. The lowest BCUT2D eigenvalue weighted by atomic mass is 9.97. The molecule has 0 atom stereocenters. The highest BCUT2D eigenvalue weighted by molar-refractivity contribution is 9.10. The molecule has 2 aromatic heterocycles. The Morgan fingerprint density at radius 3 is 3.00 bits per heavy atom. The zero-order chi connectivity index (χ0) is 18.1. The summed E-state index contributed by atoms with van der Waals surface area (Å²) in [5.41, 5.74) is 3.29. The second-order valence-corrected chi connectivity index (χ2v) is 9.33. The van der Waals surface area contributed by atoms with Crippen LogP contribution in [-0.4, -0.2) is 21.6 Å². The number of fused-ring (bicyclic) bond motifs is 3. The molecule has 2 heterocycles. The van der Waals surface area contributed by atoms with Gasteiger partial charge in [-0.3, -0.25) is 4.79 Å². The Balaban J connectivity index is 1.51. The van der Waals surface area contributed by atoms with E-state index in [9.17, 15) is 4.79 Å². The maximum Gasteiger partial charge on any atom is 0.234 e. The molecule has 134 valence electrons. The van der Waals surface area contributed by atoms with Crippen molar-refractivity contribution in [1.82, 2.24) is 9.97 Å². The van der Waals surface area contributed by atoms with Crippen molar-refractivity contribution in [3.8, 4) is 0 Å². The lowest BCUT2D eigenvalue weighted by molar-refractivity contribution is -0.113. The topological polar surface area (TPSA) is 54.9 Å². The van der Waals surface area contributed by atoms with E-state index in [-0.39, 0.29) is 5.91 Å². The van der Waals surface area contributed by atoms with Crippen LogP contribution in [0.4, 0.5) is 5.69 Å². The summed E-state index contributed by atoms with van der Waals surface area (Å²) in [6.07, 6.45) is 6.33. The first-order chi connectivity index (χ1) is 12.6. The van der Waals surface area contributed by atoms with Crippen molar-refractivity contribution in [1.29, 1.82) is 0 Å². The number of carbonyl (C=O) groups is 1. The van der Waals surface area contributed by atoms with Gasteiger partial charge in [0.2, 0.25) is 5.91 Å². The Kier molecular flexibility index (Phi) is 5.29. The fourth-order valence-electron chi connectivity index (χ4n) is 3.26. The molecule has 26 heavy (non-hydrogen) atoms. The second kappa shape index (κ2) is 7.66. The van der Waals surface area contributed by atoms with E-state index in [4.69, 9.17) is 0 Å². The number of nitrogens with zero attached hydrogens (tertiary/aromatic N) is 2. The first kappa shape index (κ1) is 17.9. The third kappa shape index (κ3) is 3.66. The molecule has 4 rings (SSSR count). The molecule has 4 nitrogen and oxygen atoms in total. The highest BCUT2D eigenvalue weighted by atomic mass is 79.9. The average Bonchev–Trinajstić information content (AvgIpc) is 3.01. The Morgan fingerprint density at radius 2 is 2.15 bits per heavy atom. The van der Waals surface area contributed by atoms with Gasteiger partial charge in [-0.25, -0.2) is 9.97 Å². The third-order valence-electron chi connectivity index (χ3n) is 4.52. The smallest absolute Gasteiger partial charge is 0.234 e. The van der Waals surface area contributed by atoms with Crippen LogP contribution in [-0.2, 0) is 17.6 Å². The van der Waals surface area contributed by atoms with E-state index in [1.165, 1.54) is 40.4 Å². The van der Waals surface area contributed by atoms with Crippen LogP contribution in [0.1, 0.15) is 28.8 Å². The molecule has 1 aromatic carbocycles. The van der Waals surface area contributed by atoms with Gasteiger partial charge in [-0.2, -0.15) is 0 Å². The molecule has 1 aliphatic rings. The van der Waals surface area contributed by atoms with Crippen molar-refractivity contribution in [3.05, 3.63) is 45.0 Å². The van der Waals surface area contributed by atoms with E-state index in [1.54, 1.807) is 17.7 Å². The zero-order valence-electron chi connectivity index (χ0n) is 14.3. The number of rotatable bonds is 4. The van der Waals surface area contributed by atoms with Crippen LogP contribution in [0.25, 0.3) is 10.2 Å². The molecule has 0 aliphatic heterocycles. The van der Waals surface area contributed by atoms with Crippen molar-refractivity contribution in [3.63, 3.8) is 0 Å². The summed E-state index contributed by atoms with van der Waals surface area (Å²) in [7, 11) is 0. The van der Waals surface area contributed by atoms with Crippen molar-refractivity contribution in [2.45, 2.75) is 37.6 Å². The summed E-state index contributed by atoms with van der Waals surface area (Å²) in [4.78, 5) is 23.8. The van der Waals surface area contributed by atoms with E-state index in [2.05, 4.69) is 31.2 Å². The summed E-state index contributed by atoms with van der Waals surface area (Å²) >= 11 is 6.73. The van der Waals surface area contributed by atoms with E-state index in [0.29, 0.717) is 5.75 Å². The highest BCUT2D eigenvalue weighted by Crippen LogP contribution is 2.39. The monoisotopic (exact) mass is 447 g/mol. The maximum atomic E-state index is 12.4. The Labute approximate surface area is 169 Å². The molecule has 3 aromatic rings. The van der Waals surface area contributed by atoms with Gasteiger partial charge in [-0.1, -0.05) is 27.7 Å². The number of aryl methyl sites for hydroxylation is 3. The van der Waals surface area contributed by atoms with Gasteiger partial charge in [-0.05, 0) is 61.9 Å². The first-order valence-corrected chi connectivity index (χ1v) is 11.2. The van der Waals surface area contributed by atoms with Crippen LogP contribution in [0.15, 0.2) is 34.0 Å². The zero-order valence-corrected chi connectivity index (χ0v) is 17.6. The predicted molar refractivity (Wildman–Crippen MR) is 112 cm³/mol. The van der Waals surface area contributed by atoms with E-state index in [1.807, 2.05) is 25.1 Å². The number of nitrogens with one attached hydrogen (secondary N) is 1. The van der Waals surface area contributed by atoms with Gasteiger partial charge in [0, 0.05) is 20.4 Å². The summed E-state index contributed by atoms with van der Waals surface area (Å²) in [6, 6.07) is 5.84. The minimum Gasteiger partial charge on any atom is -0.325 e. The number of hydrogen-bond donors (Lipinski definition) is 1. The summed E-state index contributed by atoms with van der Waals surface area (Å²) in [5.74, 6) is 0.322. The summed E-state index contributed by atoms with van der Waals surface area (Å²) in [5, 5.41) is 5.09. The number of halogens is 1. The van der Waals surface area contributed by atoms with Crippen LogP contribution in [0, 0.1) is 6.92 Å². The number of benzene rings is 1. The van der Waals surface area contributed by atoms with Gasteiger partial charge in [0.1, 0.15) is 16.2 Å². The number of amides is 1. The number of thioether (sulfide) groups is 1. The average molecular weight is 448 g/mol. The number of carbonyl (C=O) groups excluding carboxylic acids is 1. The van der Waals surface area contributed by atoms with Crippen LogP contribution >= 0.6 is 39.0 Å². The molecule has 0 saturated carbocycles. The second-order valence-electron chi connectivity index (χ2n) is 6.37. The number of aromatic nitrogens is 2. The Morgan fingerprint density at radius 1 is 1.31 bits per heavy atom. The molecule has 1 aliphatic carbocycles. The molecule has 0 unspecified atom stereocenters. The molecule has 0 bridgehead atoms. The normalized spacial score (nSPS) is 13.6. The highest BCUT2D eigenvalue weighted by Gasteiger charge is 2.20. The molecule has 1 N–H and O–H groups in total. The summed E-state index contributed by atoms with van der Waals surface area (Å²) < 4.78 is 1.01. The molecular formula is C19H18BrN3OS2. The van der Waals surface area contributed by atoms with E-state index in [0.717, 1.165) is 38.4 Å². The Bertz CT molecular complexity index is 986. The van der Waals surface area contributed by atoms with Crippen molar-refractivity contribution in [2.24, 2.45) is 0 Å². The SMILES string of the molecule is Cc1cc(Br)ccc1NC(=O)CSc1ncnc2sc3c(c12)CCCC3. The van der Waals surface area contributed by atoms with Gasteiger partial charge >= 0.3 is 0 Å². The van der Waals surface area contributed by atoms with Crippen molar-refractivity contribution < 1.29 is 4.79 Å².